The second kappa shape index (κ2) is 14.2. The van der Waals surface area contributed by atoms with Crippen molar-refractivity contribution < 1.29 is 22.7 Å². The summed E-state index contributed by atoms with van der Waals surface area (Å²) in [5, 5.41) is 3.29. The van der Waals surface area contributed by atoms with E-state index in [0.717, 1.165) is 16.3 Å². The highest BCUT2D eigenvalue weighted by Gasteiger charge is 2.34. The molecule has 0 aliphatic carbocycles. The zero-order valence-electron chi connectivity index (χ0n) is 23.2. The lowest BCUT2D eigenvalue weighted by atomic mass is 10.1. The number of ether oxygens (including phenoxy) is 1. The first-order valence-electron chi connectivity index (χ1n) is 13.2. The number of carbonyl (C=O) groups is 2. The van der Waals surface area contributed by atoms with Gasteiger partial charge in [0.05, 0.1) is 17.7 Å². The van der Waals surface area contributed by atoms with Gasteiger partial charge in [-0.2, -0.15) is 0 Å². The Labute approximate surface area is 241 Å². The van der Waals surface area contributed by atoms with Crippen LogP contribution in [-0.2, 0) is 26.2 Å². The van der Waals surface area contributed by atoms with E-state index in [-0.39, 0.29) is 29.1 Å². The molecule has 3 aromatic rings. The number of hydrogen-bond donors (Lipinski definition) is 1. The van der Waals surface area contributed by atoms with Crippen LogP contribution >= 0.6 is 11.6 Å². The van der Waals surface area contributed by atoms with Crippen molar-refractivity contribution in [3.8, 4) is 5.75 Å². The van der Waals surface area contributed by atoms with Crippen LogP contribution in [0.15, 0.2) is 83.8 Å². The van der Waals surface area contributed by atoms with Crippen molar-refractivity contribution >= 4 is 39.1 Å². The Morgan fingerprint density at radius 1 is 0.950 bits per heavy atom. The van der Waals surface area contributed by atoms with E-state index >= 15 is 0 Å². The lowest BCUT2D eigenvalue weighted by molar-refractivity contribution is -0.140. The van der Waals surface area contributed by atoms with Gasteiger partial charge in [-0.15, -0.1) is 0 Å². The van der Waals surface area contributed by atoms with Gasteiger partial charge in [0.25, 0.3) is 10.0 Å². The van der Waals surface area contributed by atoms with E-state index in [2.05, 4.69) is 5.32 Å². The van der Waals surface area contributed by atoms with Gasteiger partial charge in [-0.1, -0.05) is 61.8 Å². The molecule has 0 bridgehead atoms. The summed E-state index contributed by atoms with van der Waals surface area (Å²) in [7, 11) is -2.58. The van der Waals surface area contributed by atoms with Gasteiger partial charge in [0.15, 0.2) is 0 Å². The Morgan fingerprint density at radius 2 is 1.62 bits per heavy atom. The van der Waals surface area contributed by atoms with E-state index in [1.807, 2.05) is 32.9 Å². The van der Waals surface area contributed by atoms with Crippen molar-refractivity contribution in [3.63, 3.8) is 0 Å². The Balaban J connectivity index is 2.04. The first kappa shape index (κ1) is 31.0. The minimum Gasteiger partial charge on any atom is -0.497 e. The Morgan fingerprint density at radius 3 is 2.20 bits per heavy atom. The van der Waals surface area contributed by atoms with Crippen molar-refractivity contribution in [1.82, 2.24) is 10.2 Å². The molecule has 214 valence electrons. The predicted molar refractivity (Wildman–Crippen MR) is 158 cm³/mol. The van der Waals surface area contributed by atoms with E-state index in [9.17, 15) is 18.0 Å². The number of rotatable bonds is 13. The number of methoxy groups -OCH3 is 1. The van der Waals surface area contributed by atoms with Crippen LogP contribution < -0.4 is 14.4 Å². The zero-order valence-corrected chi connectivity index (χ0v) is 24.8. The third-order valence-corrected chi connectivity index (χ3v) is 8.63. The van der Waals surface area contributed by atoms with Crippen molar-refractivity contribution in [2.45, 2.75) is 57.1 Å². The molecule has 0 aliphatic rings. The van der Waals surface area contributed by atoms with Gasteiger partial charge in [0.2, 0.25) is 11.8 Å². The number of amides is 2. The number of anilines is 1. The topological polar surface area (TPSA) is 96.0 Å². The molecule has 0 fully saturated rings. The van der Waals surface area contributed by atoms with Gasteiger partial charge in [0.1, 0.15) is 18.3 Å². The fraction of sp³-hybridized carbons (Fsp3) is 0.333. The summed E-state index contributed by atoms with van der Waals surface area (Å²) in [6.07, 6.45) is 1.07. The molecule has 8 nitrogen and oxygen atoms in total. The maximum Gasteiger partial charge on any atom is 0.264 e. The smallest absolute Gasteiger partial charge is 0.264 e. The summed E-state index contributed by atoms with van der Waals surface area (Å²) in [5.41, 5.74) is 1.01. The summed E-state index contributed by atoms with van der Waals surface area (Å²) >= 11 is 6.21. The quantitative estimate of drug-likeness (QED) is 0.295. The Kier molecular flexibility index (Phi) is 11.0. The van der Waals surface area contributed by atoms with Gasteiger partial charge >= 0.3 is 0 Å². The second-order valence-corrected chi connectivity index (χ2v) is 11.7. The molecule has 3 aromatic carbocycles. The molecule has 0 saturated heterocycles. The number of halogens is 1. The number of benzene rings is 3. The summed E-state index contributed by atoms with van der Waals surface area (Å²) in [5.74, 6) is -0.162. The van der Waals surface area contributed by atoms with Crippen LogP contribution in [0, 0.1) is 0 Å². The Bertz CT molecular complexity index is 1380. The van der Waals surface area contributed by atoms with Gasteiger partial charge in [-0.3, -0.25) is 13.9 Å². The number of nitrogens with one attached hydrogen (secondary N) is 1. The Hall–Kier alpha value is -3.56. The average Bonchev–Trinajstić information content (AvgIpc) is 2.96. The van der Waals surface area contributed by atoms with Crippen LogP contribution in [0.25, 0.3) is 0 Å². The fourth-order valence-electron chi connectivity index (χ4n) is 4.17. The monoisotopic (exact) mass is 585 g/mol. The van der Waals surface area contributed by atoms with Crippen LogP contribution in [0.3, 0.4) is 0 Å². The average molecular weight is 586 g/mol. The number of sulfonamides is 1. The number of nitrogens with zero attached hydrogens (tertiary/aromatic N) is 2. The molecule has 0 unspecified atom stereocenters. The molecule has 3 rings (SSSR count). The molecular formula is C30H36ClN3O5S. The first-order chi connectivity index (χ1) is 19.1. The van der Waals surface area contributed by atoms with Crippen molar-refractivity contribution in [3.05, 3.63) is 89.4 Å². The van der Waals surface area contributed by atoms with E-state index in [1.165, 1.54) is 23.1 Å². The van der Waals surface area contributed by atoms with E-state index in [4.69, 9.17) is 16.3 Å². The number of carbonyl (C=O) groups excluding carboxylic acids is 2. The van der Waals surface area contributed by atoms with Crippen LogP contribution in [0.4, 0.5) is 5.69 Å². The molecular weight excluding hydrogens is 550 g/mol. The van der Waals surface area contributed by atoms with Crippen molar-refractivity contribution in [2.75, 3.05) is 18.0 Å². The van der Waals surface area contributed by atoms with Crippen LogP contribution in [0.2, 0.25) is 5.02 Å². The highest BCUT2D eigenvalue weighted by molar-refractivity contribution is 7.92. The van der Waals surface area contributed by atoms with E-state index in [1.54, 1.807) is 55.6 Å². The molecule has 0 radical (unpaired) electrons. The molecule has 40 heavy (non-hydrogen) atoms. The molecule has 2 atom stereocenters. The lowest BCUT2D eigenvalue weighted by Crippen LogP contribution is -2.53. The maximum absolute atomic E-state index is 14.1. The SMILES string of the molecule is CC[C@@H](C)NC(=O)[C@H](CC)N(Cc1ccc(OC)cc1)C(=O)CN(c1cccc(Cl)c1)S(=O)(=O)c1ccccc1. The van der Waals surface area contributed by atoms with E-state index < -0.39 is 28.5 Å². The highest BCUT2D eigenvalue weighted by atomic mass is 35.5. The van der Waals surface area contributed by atoms with Crippen LogP contribution in [0.1, 0.15) is 39.2 Å². The minimum atomic E-state index is -4.15. The summed E-state index contributed by atoms with van der Waals surface area (Å²) in [6, 6.07) is 20.5. The number of hydrogen-bond acceptors (Lipinski definition) is 5. The summed E-state index contributed by atoms with van der Waals surface area (Å²) < 4.78 is 33.9. The third-order valence-electron chi connectivity index (χ3n) is 6.61. The molecule has 0 aromatic heterocycles. The van der Waals surface area contributed by atoms with Gasteiger partial charge in [-0.05, 0) is 67.8 Å². The molecule has 0 aliphatic heterocycles. The highest BCUT2D eigenvalue weighted by Crippen LogP contribution is 2.27. The predicted octanol–water partition coefficient (Wildman–Crippen LogP) is 5.27. The van der Waals surface area contributed by atoms with Crippen molar-refractivity contribution in [2.24, 2.45) is 0 Å². The van der Waals surface area contributed by atoms with Crippen LogP contribution in [-0.4, -0.2) is 50.9 Å². The third kappa shape index (κ3) is 7.76. The standard InChI is InChI=1S/C30H36ClN3O5S/c1-5-22(3)32-30(36)28(6-2)33(20-23-15-17-26(39-4)18-16-23)29(35)21-34(25-12-10-11-24(31)19-25)40(37,38)27-13-8-7-9-14-27/h7-19,22,28H,5-6,20-21H2,1-4H3,(H,32,36)/t22-,28+/m1/s1. The summed E-state index contributed by atoms with van der Waals surface area (Å²) in [6.45, 7) is 5.26. The fourth-order valence-corrected chi connectivity index (χ4v) is 5.78. The molecule has 1 N–H and O–H groups in total. The van der Waals surface area contributed by atoms with Gasteiger partial charge in [-0.25, -0.2) is 8.42 Å². The second-order valence-electron chi connectivity index (χ2n) is 9.42. The molecule has 0 heterocycles. The first-order valence-corrected chi connectivity index (χ1v) is 15.0. The van der Waals surface area contributed by atoms with Gasteiger partial charge in [0, 0.05) is 17.6 Å². The van der Waals surface area contributed by atoms with Crippen molar-refractivity contribution in [1.29, 1.82) is 0 Å². The molecule has 10 heteroatoms. The van der Waals surface area contributed by atoms with Crippen LogP contribution in [0.5, 0.6) is 5.75 Å². The zero-order chi connectivity index (χ0) is 29.3. The summed E-state index contributed by atoms with van der Waals surface area (Å²) in [4.78, 5) is 28.9. The lowest BCUT2D eigenvalue weighted by Gasteiger charge is -2.33. The normalized spacial score (nSPS) is 12.7. The minimum absolute atomic E-state index is 0.0334. The van der Waals surface area contributed by atoms with Gasteiger partial charge < -0.3 is 15.0 Å². The largest absolute Gasteiger partial charge is 0.497 e. The van der Waals surface area contributed by atoms with E-state index in [0.29, 0.717) is 17.2 Å². The molecule has 2 amide bonds. The molecule has 0 spiro atoms. The molecule has 0 saturated carbocycles. The maximum atomic E-state index is 14.1.